The number of amides is 2. The van der Waals surface area contributed by atoms with Crippen molar-refractivity contribution in [1.29, 1.82) is 0 Å². The number of carbonyl (C=O) groups is 2. The van der Waals surface area contributed by atoms with Gasteiger partial charge in [0.15, 0.2) is 0 Å². The van der Waals surface area contributed by atoms with Gasteiger partial charge in [-0.05, 0) is 50.7 Å². The smallest absolute Gasteiger partial charge is 0.407 e. The van der Waals surface area contributed by atoms with Gasteiger partial charge in [0.25, 0.3) is 0 Å². The summed E-state index contributed by atoms with van der Waals surface area (Å²) < 4.78 is 10.7. The third-order valence-corrected chi connectivity index (χ3v) is 6.08. The Morgan fingerprint density at radius 2 is 1.40 bits per heavy atom. The molecule has 0 aliphatic rings. The van der Waals surface area contributed by atoms with Gasteiger partial charge < -0.3 is 20.1 Å². The molecule has 0 fully saturated rings. The Morgan fingerprint density at radius 1 is 0.857 bits per heavy atom. The van der Waals surface area contributed by atoms with E-state index < -0.39 is 12.2 Å². The first-order valence-electron chi connectivity index (χ1n) is 11.8. The first kappa shape index (κ1) is 26.2. The molecule has 35 heavy (non-hydrogen) atoms. The predicted octanol–water partition coefficient (Wildman–Crippen LogP) is 5.51. The SMILES string of the molecule is CC(C)OC(=O)N[C@H](CC[C@@H](Cc1ccccc1)NC(=O)OCc1cncs1)Cc1ccccc1. The van der Waals surface area contributed by atoms with Crippen LogP contribution in [0.4, 0.5) is 9.59 Å². The summed E-state index contributed by atoms with van der Waals surface area (Å²) in [5.74, 6) is 0. The van der Waals surface area contributed by atoms with E-state index in [2.05, 4.69) is 15.6 Å². The summed E-state index contributed by atoms with van der Waals surface area (Å²) >= 11 is 1.44. The molecule has 2 amide bonds. The Bertz CT molecular complexity index is 1010. The quantitative estimate of drug-likeness (QED) is 0.346. The average Bonchev–Trinajstić information content (AvgIpc) is 3.36. The number of rotatable bonds is 12. The number of carbonyl (C=O) groups excluding carboxylic acids is 2. The first-order valence-corrected chi connectivity index (χ1v) is 12.7. The second-order valence-electron chi connectivity index (χ2n) is 8.64. The maximum atomic E-state index is 12.5. The Morgan fingerprint density at radius 3 is 1.89 bits per heavy atom. The van der Waals surface area contributed by atoms with Crippen molar-refractivity contribution < 1.29 is 19.1 Å². The summed E-state index contributed by atoms with van der Waals surface area (Å²) in [6.45, 7) is 3.83. The van der Waals surface area contributed by atoms with E-state index in [1.807, 2.05) is 74.5 Å². The number of hydrogen-bond donors (Lipinski definition) is 2. The maximum absolute atomic E-state index is 12.5. The van der Waals surface area contributed by atoms with Gasteiger partial charge >= 0.3 is 12.2 Å². The molecule has 1 heterocycles. The van der Waals surface area contributed by atoms with Crippen LogP contribution >= 0.6 is 11.3 Å². The lowest BCUT2D eigenvalue weighted by Gasteiger charge is -2.24. The predicted molar refractivity (Wildman–Crippen MR) is 137 cm³/mol. The Kier molecular flexibility index (Phi) is 10.6. The second-order valence-corrected chi connectivity index (χ2v) is 9.61. The minimum absolute atomic E-state index is 0.142. The molecular weight excluding hydrogens is 462 g/mol. The summed E-state index contributed by atoms with van der Waals surface area (Å²) in [6.07, 6.45) is 3.23. The van der Waals surface area contributed by atoms with Crippen LogP contribution < -0.4 is 10.6 Å². The van der Waals surface area contributed by atoms with Gasteiger partial charge in [-0.2, -0.15) is 0 Å². The fourth-order valence-corrected chi connectivity index (χ4v) is 4.23. The molecule has 2 aromatic carbocycles. The molecule has 3 aromatic rings. The van der Waals surface area contributed by atoms with Crippen molar-refractivity contribution in [3.8, 4) is 0 Å². The molecular formula is C27H33N3O4S. The van der Waals surface area contributed by atoms with Crippen LogP contribution in [-0.4, -0.2) is 35.4 Å². The molecule has 0 bridgehead atoms. The number of hydrogen-bond acceptors (Lipinski definition) is 6. The van der Waals surface area contributed by atoms with Gasteiger partial charge in [-0.1, -0.05) is 60.7 Å². The Hall–Kier alpha value is -3.39. The third-order valence-electron chi connectivity index (χ3n) is 5.33. The number of benzene rings is 2. The zero-order valence-electron chi connectivity index (χ0n) is 20.2. The van der Waals surface area contributed by atoms with E-state index in [0.717, 1.165) is 16.0 Å². The number of aromatic nitrogens is 1. The minimum atomic E-state index is -0.467. The fourth-order valence-electron chi connectivity index (χ4n) is 3.72. The van der Waals surface area contributed by atoms with E-state index in [4.69, 9.17) is 9.47 Å². The fraction of sp³-hybridized carbons (Fsp3) is 0.370. The molecule has 0 spiro atoms. The van der Waals surface area contributed by atoms with Crippen LogP contribution in [0.2, 0.25) is 0 Å². The summed E-state index contributed by atoms with van der Waals surface area (Å²) in [4.78, 5) is 29.8. The Labute approximate surface area is 210 Å². The molecule has 0 saturated heterocycles. The third kappa shape index (κ3) is 10.2. The maximum Gasteiger partial charge on any atom is 0.407 e. The summed E-state index contributed by atoms with van der Waals surface area (Å²) in [7, 11) is 0. The van der Waals surface area contributed by atoms with Crippen molar-refractivity contribution >= 4 is 23.5 Å². The zero-order chi connectivity index (χ0) is 24.9. The summed E-state index contributed by atoms with van der Waals surface area (Å²) in [5.41, 5.74) is 3.95. The largest absolute Gasteiger partial charge is 0.447 e. The van der Waals surface area contributed by atoms with E-state index in [0.29, 0.717) is 25.7 Å². The molecule has 0 aliphatic carbocycles. The first-order chi connectivity index (χ1) is 17.0. The average molecular weight is 496 g/mol. The number of nitrogens with one attached hydrogen (secondary N) is 2. The number of thiazole rings is 1. The van der Waals surface area contributed by atoms with Gasteiger partial charge in [-0.3, -0.25) is 4.98 Å². The van der Waals surface area contributed by atoms with Crippen molar-refractivity contribution in [3.63, 3.8) is 0 Å². The van der Waals surface area contributed by atoms with E-state index in [1.165, 1.54) is 11.3 Å². The van der Waals surface area contributed by atoms with E-state index >= 15 is 0 Å². The molecule has 3 rings (SSSR count). The molecule has 0 radical (unpaired) electrons. The van der Waals surface area contributed by atoms with Crippen molar-refractivity contribution in [2.75, 3.05) is 0 Å². The highest BCUT2D eigenvalue weighted by molar-refractivity contribution is 7.09. The van der Waals surface area contributed by atoms with Crippen LogP contribution in [0.1, 0.15) is 42.7 Å². The number of ether oxygens (including phenoxy) is 2. The minimum Gasteiger partial charge on any atom is -0.447 e. The van der Waals surface area contributed by atoms with Crippen LogP contribution in [0, 0.1) is 0 Å². The highest BCUT2D eigenvalue weighted by Gasteiger charge is 2.20. The zero-order valence-corrected chi connectivity index (χ0v) is 21.0. The topological polar surface area (TPSA) is 89.6 Å². The van der Waals surface area contributed by atoms with Crippen molar-refractivity contribution in [3.05, 3.63) is 88.4 Å². The molecule has 2 atom stereocenters. The van der Waals surface area contributed by atoms with E-state index in [9.17, 15) is 9.59 Å². The van der Waals surface area contributed by atoms with Crippen LogP contribution in [0.3, 0.4) is 0 Å². The van der Waals surface area contributed by atoms with Crippen LogP contribution in [-0.2, 0) is 28.9 Å². The molecule has 7 nitrogen and oxygen atoms in total. The van der Waals surface area contributed by atoms with Gasteiger partial charge in [0.05, 0.1) is 16.5 Å². The van der Waals surface area contributed by atoms with Crippen molar-refractivity contribution in [2.24, 2.45) is 0 Å². The molecule has 2 N–H and O–H groups in total. The summed E-state index contributed by atoms with van der Waals surface area (Å²) in [6, 6.07) is 19.7. The molecule has 0 aliphatic heterocycles. The van der Waals surface area contributed by atoms with Gasteiger partial charge in [0.1, 0.15) is 6.61 Å². The molecule has 186 valence electrons. The monoisotopic (exact) mass is 495 g/mol. The summed E-state index contributed by atoms with van der Waals surface area (Å²) in [5, 5.41) is 6.01. The van der Waals surface area contributed by atoms with E-state index in [1.54, 1.807) is 11.7 Å². The highest BCUT2D eigenvalue weighted by atomic mass is 32.1. The number of alkyl carbamates (subject to hydrolysis) is 2. The van der Waals surface area contributed by atoms with Gasteiger partial charge in [0.2, 0.25) is 0 Å². The standard InChI is InChI=1S/C27H33N3O4S/c1-20(2)34-27(32)30-24(16-22-11-7-4-8-12-22)14-13-23(15-21-9-5-3-6-10-21)29-26(31)33-18-25-17-28-19-35-25/h3-12,17,19-20,23-24H,13-16,18H2,1-2H3,(H,29,31)(H,30,32)/t23-,24+/m0/s1. The van der Waals surface area contributed by atoms with Gasteiger partial charge in [0, 0.05) is 18.3 Å². The Balaban J connectivity index is 1.64. The lowest BCUT2D eigenvalue weighted by atomic mass is 9.96. The van der Waals surface area contributed by atoms with E-state index in [-0.39, 0.29) is 24.8 Å². The lowest BCUT2D eigenvalue weighted by Crippen LogP contribution is -2.41. The molecule has 0 unspecified atom stereocenters. The van der Waals surface area contributed by atoms with Crippen LogP contribution in [0.25, 0.3) is 0 Å². The van der Waals surface area contributed by atoms with Crippen molar-refractivity contribution in [1.82, 2.24) is 15.6 Å². The normalized spacial score (nSPS) is 12.5. The lowest BCUT2D eigenvalue weighted by molar-refractivity contribution is 0.111. The van der Waals surface area contributed by atoms with Gasteiger partial charge in [-0.15, -0.1) is 11.3 Å². The molecule has 0 saturated carbocycles. The van der Waals surface area contributed by atoms with Crippen molar-refractivity contribution in [2.45, 2.75) is 64.3 Å². The molecule has 1 aromatic heterocycles. The van der Waals surface area contributed by atoms with Crippen LogP contribution in [0.15, 0.2) is 72.4 Å². The van der Waals surface area contributed by atoms with Crippen LogP contribution in [0.5, 0.6) is 0 Å². The highest BCUT2D eigenvalue weighted by Crippen LogP contribution is 2.14. The van der Waals surface area contributed by atoms with Gasteiger partial charge in [-0.25, -0.2) is 9.59 Å². The number of nitrogens with zero attached hydrogens (tertiary/aromatic N) is 1. The molecule has 8 heteroatoms. The second kappa shape index (κ2) is 14.1.